The van der Waals surface area contributed by atoms with Crippen molar-refractivity contribution in [2.45, 2.75) is 0 Å². The number of anilines is 2. The molecule has 0 unspecified atom stereocenters. The van der Waals surface area contributed by atoms with Gasteiger partial charge in [0.1, 0.15) is 11.5 Å². The molecule has 0 radical (unpaired) electrons. The van der Waals surface area contributed by atoms with Gasteiger partial charge in [-0.2, -0.15) is 0 Å². The van der Waals surface area contributed by atoms with Crippen molar-refractivity contribution in [3.8, 4) is 11.5 Å². The first-order chi connectivity index (χ1) is 10.5. The summed E-state index contributed by atoms with van der Waals surface area (Å²) in [6.45, 7) is 0. The summed E-state index contributed by atoms with van der Waals surface area (Å²) in [5.41, 5.74) is 0.587. The maximum atomic E-state index is 11.9. The Bertz CT molecular complexity index is 718. The highest BCUT2D eigenvalue weighted by molar-refractivity contribution is 6.44. The molecule has 0 aliphatic carbocycles. The average molecular weight is 321 g/mol. The molecule has 0 heterocycles. The van der Waals surface area contributed by atoms with Crippen LogP contribution >= 0.6 is 11.6 Å². The summed E-state index contributed by atoms with van der Waals surface area (Å²) >= 11 is 5.85. The van der Waals surface area contributed by atoms with Crippen molar-refractivity contribution in [1.82, 2.24) is 0 Å². The highest BCUT2D eigenvalue weighted by Gasteiger charge is 2.16. The minimum absolute atomic E-state index is 0.0188. The fourth-order valence-electron chi connectivity index (χ4n) is 1.73. The normalized spacial score (nSPS) is 9.91. The van der Waals surface area contributed by atoms with Gasteiger partial charge in [0.05, 0.1) is 12.8 Å². The molecular formula is C15H13ClN2O4. The van der Waals surface area contributed by atoms with Crippen LogP contribution in [0.1, 0.15) is 0 Å². The molecular weight excluding hydrogens is 308 g/mol. The van der Waals surface area contributed by atoms with E-state index in [4.69, 9.17) is 16.3 Å². The Morgan fingerprint density at radius 2 is 1.82 bits per heavy atom. The third kappa shape index (κ3) is 3.89. The van der Waals surface area contributed by atoms with Crippen molar-refractivity contribution in [1.29, 1.82) is 0 Å². The van der Waals surface area contributed by atoms with Gasteiger partial charge in [-0.05, 0) is 30.3 Å². The number of ether oxygens (including phenoxy) is 1. The first kappa shape index (κ1) is 15.7. The average Bonchev–Trinajstić information content (AvgIpc) is 2.47. The summed E-state index contributed by atoms with van der Waals surface area (Å²) in [6, 6.07) is 10.5. The van der Waals surface area contributed by atoms with Crippen LogP contribution in [0.5, 0.6) is 11.5 Å². The van der Waals surface area contributed by atoms with E-state index in [1.807, 2.05) is 0 Å². The predicted molar refractivity (Wildman–Crippen MR) is 83.4 cm³/mol. The topological polar surface area (TPSA) is 87.7 Å². The van der Waals surface area contributed by atoms with Gasteiger partial charge < -0.3 is 20.5 Å². The van der Waals surface area contributed by atoms with Crippen molar-refractivity contribution in [2.75, 3.05) is 17.7 Å². The second kappa shape index (κ2) is 6.82. The number of carbonyl (C=O) groups is 2. The molecule has 0 spiro atoms. The summed E-state index contributed by atoms with van der Waals surface area (Å²) in [5, 5.41) is 14.5. The van der Waals surface area contributed by atoms with Crippen molar-refractivity contribution in [2.24, 2.45) is 0 Å². The number of aromatic hydroxyl groups is 1. The van der Waals surface area contributed by atoms with E-state index in [9.17, 15) is 14.7 Å². The van der Waals surface area contributed by atoms with Crippen LogP contribution in [0.4, 0.5) is 11.4 Å². The van der Waals surface area contributed by atoms with Crippen LogP contribution in [0.3, 0.4) is 0 Å². The highest BCUT2D eigenvalue weighted by atomic mass is 35.5. The molecule has 2 aromatic rings. The lowest BCUT2D eigenvalue weighted by Crippen LogP contribution is -2.29. The summed E-state index contributed by atoms with van der Waals surface area (Å²) < 4.78 is 5.08. The van der Waals surface area contributed by atoms with Crippen molar-refractivity contribution in [3.05, 3.63) is 47.5 Å². The van der Waals surface area contributed by atoms with E-state index >= 15 is 0 Å². The lowest BCUT2D eigenvalue weighted by molar-refractivity contribution is -0.133. The van der Waals surface area contributed by atoms with Crippen LogP contribution in [0.15, 0.2) is 42.5 Å². The second-order valence-electron chi connectivity index (χ2n) is 4.30. The molecule has 0 fully saturated rings. The number of rotatable bonds is 3. The lowest BCUT2D eigenvalue weighted by atomic mass is 10.2. The Morgan fingerprint density at radius 3 is 2.50 bits per heavy atom. The number of hydrogen-bond acceptors (Lipinski definition) is 4. The van der Waals surface area contributed by atoms with Crippen LogP contribution in [-0.2, 0) is 9.59 Å². The molecule has 114 valence electrons. The molecule has 0 aliphatic rings. The largest absolute Gasteiger partial charge is 0.508 e. The van der Waals surface area contributed by atoms with Crippen molar-refractivity contribution >= 4 is 34.8 Å². The Hall–Kier alpha value is -2.73. The van der Waals surface area contributed by atoms with E-state index in [-0.39, 0.29) is 11.4 Å². The minimum atomic E-state index is -0.885. The molecule has 0 bridgehead atoms. The first-order valence-corrected chi connectivity index (χ1v) is 6.62. The van der Waals surface area contributed by atoms with E-state index in [1.165, 1.54) is 25.3 Å². The fraction of sp³-hybridized carbons (Fsp3) is 0.0667. The third-order valence-corrected chi connectivity index (χ3v) is 2.96. The molecule has 3 N–H and O–H groups in total. The Labute approximate surface area is 131 Å². The second-order valence-corrected chi connectivity index (χ2v) is 4.74. The summed E-state index contributed by atoms with van der Waals surface area (Å²) in [7, 11) is 1.44. The van der Waals surface area contributed by atoms with Crippen LogP contribution in [-0.4, -0.2) is 24.0 Å². The number of hydrogen-bond donors (Lipinski definition) is 3. The van der Waals surface area contributed by atoms with E-state index < -0.39 is 11.8 Å². The minimum Gasteiger partial charge on any atom is -0.508 e. The summed E-state index contributed by atoms with van der Waals surface area (Å²) in [6.07, 6.45) is 0. The molecule has 2 aromatic carbocycles. The standard InChI is InChI=1S/C15H13ClN2O4/c1-22-13-6-5-9(16)7-12(13)18-15(21)14(20)17-10-3-2-4-11(19)8-10/h2-8,19H,1H3,(H,17,20)(H,18,21). The number of methoxy groups -OCH3 is 1. The zero-order valence-corrected chi connectivity index (χ0v) is 12.3. The molecule has 2 amide bonds. The van der Waals surface area contributed by atoms with E-state index in [0.29, 0.717) is 16.5 Å². The molecule has 6 nitrogen and oxygen atoms in total. The van der Waals surface area contributed by atoms with E-state index in [2.05, 4.69) is 10.6 Å². The fourth-order valence-corrected chi connectivity index (χ4v) is 1.90. The molecule has 2 rings (SSSR count). The molecule has 0 saturated heterocycles. The number of halogens is 1. The quantitative estimate of drug-likeness (QED) is 0.759. The van der Waals surface area contributed by atoms with E-state index in [0.717, 1.165) is 0 Å². The predicted octanol–water partition coefficient (Wildman–Crippen LogP) is 2.63. The molecule has 0 atom stereocenters. The highest BCUT2D eigenvalue weighted by Crippen LogP contribution is 2.27. The zero-order valence-electron chi connectivity index (χ0n) is 11.6. The maximum absolute atomic E-state index is 11.9. The molecule has 0 aliphatic heterocycles. The van der Waals surface area contributed by atoms with Gasteiger partial charge in [0.2, 0.25) is 0 Å². The molecule has 22 heavy (non-hydrogen) atoms. The van der Waals surface area contributed by atoms with Crippen molar-refractivity contribution in [3.63, 3.8) is 0 Å². The molecule has 0 aromatic heterocycles. The lowest BCUT2D eigenvalue weighted by Gasteiger charge is -2.10. The van der Waals surface area contributed by atoms with Crippen LogP contribution < -0.4 is 15.4 Å². The SMILES string of the molecule is COc1ccc(Cl)cc1NC(=O)C(=O)Nc1cccc(O)c1. The Morgan fingerprint density at radius 1 is 1.09 bits per heavy atom. The number of benzene rings is 2. The van der Waals surface area contributed by atoms with Gasteiger partial charge >= 0.3 is 11.8 Å². The molecule has 0 saturated carbocycles. The monoisotopic (exact) mass is 320 g/mol. The number of amides is 2. The van der Waals surface area contributed by atoms with Gasteiger partial charge in [0.15, 0.2) is 0 Å². The smallest absolute Gasteiger partial charge is 0.314 e. The zero-order chi connectivity index (χ0) is 16.1. The third-order valence-electron chi connectivity index (χ3n) is 2.72. The van der Waals surface area contributed by atoms with Gasteiger partial charge in [-0.15, -0.1) is 0 Å². The number of carbonyl (C=O) groups excluding carboxylic acids is 2. The van der Waals surface area contributed by atoms with Gasteiger partial charge in [0, 0.05) is 16.8 Å². The summed E-state index contributed by atoms with van der Waals surface area (Å²) in [4.78, 5) is 23.7. The van der Waals surface area contributed by atoms with Gasteiger partial charge in [0.25, 0.3) is 0 Å². The number of phenols is 1. The maximum Gasteiger partial charge on any atom is 0.314 e. The number of phenolic OH excluding ortho intramolecular Hbond substituents is 1. The van der Waals surface area contributed by atoms with Crippen LogP contribution in [0.25, 0.3) is 0 Å². The molecule has 7 heteroatoms. The van der Waals surface area contributed by atoms with Crippen LogP contribution in [0, 0.1) is 0 Å². The van der Waals surface area contributed by atoms with Gasteiger partial charge in [-0.3, -0.25) is 9.59 Å². The van der Waals surface area contributed by atoms with Crippen LogP contribution in [0.2, 0.25) is 5.02 Å². The van der Waals surface area contributed by atoms with E-state index in [1.54, 1.807) is 24.3 Å². The number of nitrogens with one attached hydrogen (secondary N) is 2. The van der Waals surface area contributed by atoms with Crippen molar-refractivity contribution < 1.29 is 19.4 Å². The summed E-state index contributed by atoms with van der Waals surface area (Å²) in [5.74, 6) is -1.41. The Balaban J connectivity index is 2.09. The van der Waals surface area contributed by atoms with Gasteiger partial charge in [-0.1, -0.05) is 17.7 Å². The Kier molecular flexibility index (Phi) is 4.85. The first-order valence-electron chi connectivity index (χ1n) is 6.24. The van der Waals surface area contributed by atoms with Gasteiger partial charge in [-0.25, -0.2) is 0 Å².